The summed E-state index contributed by atoms with van der Waals surface area (Å²) in [6.07, 6.45) is 4.70. The Morgan fingerprint density at radius 2 is 2.00 bits per heavy atom. The summed E-state index contributed by atoms with van der Waals surface area (Å²) in [5.41, 5.74) is 0.308. The molecule has 0 aliphatic heterocycles. The molecule has 0 amide bonds. The second kappa shape index (κ2) is 4.04. The summed E-state index contributed by atoms with van der Waals surface area (Å²) in [5.74, 6) is 0.426. The molecule has 1 saturated carbocycles. The number of ketones is 1. The molecule has 0 aromatic rings. The van der Waals surface area contributed by atoms with Gasteiger partial charge in [0.25, 0.3) is 0 Å². The van der Waals surface area contributed by atoms with Gasteiger partial charge in [-0.2, -0.15) is 0 Å². The first-order valence-corrected chi connectivity index (χ1v) is 4.73. The maximum absolute atomic E-state index is 11.0. The Balaban J connectivity index is 2.50. The van der Waals surface area contributed by atoms with Gasteiger partial charge < -0.3 is 4.74 Å². The molecular weight excluding hydrogens is 152 g/mol. The Morgan fingerprint density at radius 1 is 1.42 bits per heavy atom. The summed E-state index contributed by atoms with van der Waals surface area (Å²) >= 11 is 0. The predicted octanol–water partition coefficient (Wildman–Crippen LogP) is 2.17. The molecular formula is C10H18O2. The van der Waals surface area contributed by atoms with Crippen molar-refractivity contribution in [2.24, 2.45) is 5.41 Å². The third-order valence-electron chi connectivity index (χ3n) is 3.07. The molecule has 1 aliphatic rings. The zero-order valence-electron chi connectivity index (χ0n) is 8.06. The van der Waals surface area contributed by atoms with Crippen LogP contribution in [-0.2, 0) is 9.53 Å². The van der Waals surface area contributed by atoms with Gasteiger partial charge in [-0.05, 0) is 24.7 Å². The largest absolute Gasteiger partial charge is 0.384 e. The number of hydrogen-bond donors (Lipinski definition) is 0. The average molecular weight is 170 g/mol. The van der Waals surface area contributed by atoms with Crippen LogP contribution in [0.5, 0.6) is 0 Å². The summed E-state index contributed by atoms with van der Waals surface area (Å²) in [7, 11) is 1.74. The maximum Gasteiger partial charge on any atom is 0.132 e. The van der Waals surface area contributed by atoms with E-state index < -0.39 is 0 Å². The monoisotopic (exact) mass is 170 g/mol. The maximum atomic E-state index is 11.0. The van der Waals surface area contributed by atoms with E-state index in [9.17, 15) is 4.79 Å². The van der Waals surface area contributed by atoms with Crippen LogP contribution >= 0.6 is 0 Å². The van der Waals surface area contributed by atoms with E-state index in [2.05, 4.69) is 6.92 Å². The summed E-state index contributed by atoms with van der Waals surface area (Å²) in [6, 6.07) is 0. The van der Waals surface area contributed by atoms with E-state index in [1.807, 2.05) is 0 Å². The van der Waals surface area contributed by atoms with Crippen molar-refractivity contribution >= 4 is 5.78 Å². The number of rotatable bonds is 3. The molecule has 0 saturated heterocycles. The van der Waals surface area contributed by atoms with Gasteiger partial charge in [0.05, 0.1) is 6.61 Å². The number of Topliss-reactive ketones (excluding diaryl/α,β-unsaturated/α-hetero) is 1. The number of ether oxygens (including phenoxy) is 1. The highest BCUT2D eigenvalue weighted by Gasteiger charge is 2.32. The zero-order chi connectivity index (χ0) is 9.03. The first-order chi connectivity index (χ1) is 5.72. The Bertz CT molecular complexity index is 153. The summed E-state index contributed by atoms with van der Waals surface area (Å²) in [4.78, 5) is 11.0. The Kier molecular flexibility index (Phi) is 3.27. The van der Waals surface area contributed by atoms with Crippen LogP contribution in [0, 0.1) is 5.41 Å². The van der Waals surface area contributed by atoms with Gasteiger partial charge in [-0.15, -0.1) is 0 Å². The lowest BCUT2D eigenvalue weighted by Crippen LogP contribution is -2.31. The van der Waals surface area contributed by atoms with Crippen molar-refractivity contribution in [2.75, 3.05) is 13.7 Å². The van der Waals surface area contributed by atoms with Crippen molar-refractivity contribution in [1.29, 1.82) is 0 Å². The Labute approximate surface area is 74.3 Å². The first-order valence-electron chi connectivity index (χ1n) is 4.73. The van der Waals surface area contributed by atoms with Crippen LogP contribution in [0.25, 0.3) is 0 Å². The fraction of sp³-hybridized carbons (Fsp3) is 0.900. The zero-order valence-corrected chi connectivity index (χ0v) is 8.06. The van der Waals surface area contributed by atoms with Gasteiger partial charge in [0.2, 0.25) is 0 Å². The average Bonchev–Trinajstić information content (AvgIpc) is 2.10. The highest BCUT2D eigenvalue weighted by molar-refractivity contribution is 5.79. The van der Waals surface area contributed by atoms with E-state index >= 15 is 0 Å². The van der Waals surface area contributed by atoms with Gasteiger partial charge >= 0.3 is 0 Å². The molecule has 2 nitrogen and oxygen atoms in total. The summed E-state index contributed by atoms with van der Waals surface area (Å²) in [6.45, 7) is 3.01. The van der Waals surface area contributed by atoms with Crippen molar-refractivity contribution in [3.05, 3.63) is 0 Å². The Morgan fingerprint density at radius 3 is 2.42 bits per heavy atom. The smallest absolute Gasteiger partial charge is 0.132 e. The molecule has 0 spiro atoms. The normalized spacial score (nSPS) is 22.7. The highest BCUT2D eigenvalue weighted by Crippen LogP contribution is 2.37. The molecule has 1 fully saturated rings. The van der Waals surface area contributed by atoms with Crippen LogP contribution in [0.15, 0.2) is 0 Å². The van der Waals surface area contributed by atoms with E-state index in [1.54, 1.807) is 7.11 Å². The van der Waals surface area contributed by atoms with E-state index in [1.165, 1.54) is 0 Å². The SMILES string of the molecule is CCC1(COC)CCC(=O)CC1. The van der Waals surface area contributed by atoms with Crippen molar-refractivity contribution in [3.8, 4) is 0 Å². The molecule has 0 bridgehead atoms. The predicted molar refractivity (Wildman–Crippen MR) is 48.1 cm³/mol. The summed E-state index contributed by atoms with van der Waals surface area (Å²) in [5, 5.41) is 0. The van der Waals surface area contributed by atoms with Gasteiger partial charge in [0, 0.05) is 20.0 Å². The minimum absolute atomic E-state index is 0.308. The molecule has 1 aliphatic carbocycles. The van der Waals surface area contributed by atoms with Crippen LogP contribution in [0.3, 0.4) is 0 Å². The second-order valence-corrected chi connectivity index (χ2v) is 3.83. The van der Waals surface area contributed by atoms with E-state index in [0.29, 0.717) is 11.2 Å². The molecule has 0 aromatic carbocycles. The van der Waals surface area contributed by atoms with Crippen molar-refractivity contribution in [3.63, 3.8) is 0 Å². The molecule has 0 N–H and O–H groups in total. The molecule has 70 valence electrons. The minimum Gasteiger partial charge on any atom is -0.384 e. The minimum atomic E-state index is 0.308. The summed E-state index contributed by atoms with van der Waals surface area (Å²) < 4.78 is 5.20. The van der Waals surface area contributed by atoms with Gasteiger partial charge in [-0.3, -0.25) is 4.79 Å². The van der Waals surface area contributed by atoms with Crippen LogP contribution in [0.4, 0.5) is 0 Å². The van der Waals surface area contributed by atoms with Gasteiger partial charge in [-0.25, -0.2) is 0 Å². The van der Waals surface area contributed by atoms with Gasteiger partial charge in [0.15, 0.2) is 0 Å². The molecule has 0 atom stereocenters. The quantitative estimate of drug-likeness (QED) is 0.649. The van der Waals surface area contributed by atoms with Crippen LogP contribution < -0.4 is 0 Å². The fourth-order valence-electron chi connectivity index (χ4n) is 1.97. The number of carbonyl (C=O) groups excluding carboxylic acids is 1. The topological polar surface area (TPSA) is 26.3 Å². The second-order valence-electron chi connectivity index (χ2n) is 3.83. The molecule has 2 heteroatoms. The van der Waals surface area contributed by atoms with Gasteiger partial charge in [-0.1, -0.05) is 6.92 Å². The van der Waals surface area contributed by atoms with E-state index in [-0.39, 0.29) is 0 Å². The van der Waals surface area contributed by atoms with Gasteiger partial charge in [0.1, 0.15) is 5.78 Å². The molecule has 0 heterocycles. The van der Waals surface area contributed by atoms with Crippen LogP contribution in [0.2, 0.25) is 0 Å². The lowest BCUT2D eigenvalue weighted by Gasteiger charge is -2.35. The molecule has 12 heavy (non-hydrogen) atoms. The highest BCUT2D eigenvalue weighted by atomic mass is 16.5. The third kappa shape index (κ3) is 2.07. The molecule has 1 rings (SSSR count). The van der Waals surface area contributed by atoms with E-state index in [0.717, 1.165) is 38.7 Å². The third-order valence-corrected chi connectivity index (χ3v) is 3.07. The van der Waals surface area contributed by atoms with Crippen LogP contribution in [-0.4, -0.2) is 19.5 Å². The number of carbonyl (C=O) groups is 1. The standard InChI is InChI=1S/C10H18O2/c1-3-10(8-12-2)6-4-9(11)5-7-10/h3-8H2,1-2H3. The molecule has 0 unspecified atom stereocenters. The Hall–Kier alpha value is -0.370. The number of hydrogen-bond acceptors (Lipinski definition) is 2. The first kappa shape index (κ1) is 9.72. The molecule has 0 radical (unpaired) electrons. The van der Waals surface area contributed by atoms with Crippen molar-refractivity contribution in [1.82, 2.24) is 0 Å². The van der Waals surface area contributed by atoms with Crippen LogP contribution in [0.1, 0.15) is 39.0 Å². The van der Waals surface area contributed by atoms with Crippen molar-refractivity contribution < 1.29 is 9.53 Å². The molecule has 0 aromatic heterocycles. The van der Waals surface area contributed by atoms with Crippen molar-refractivity contribution in [2.45, 2.75) is 39.0 Å². The lowest BCUT2D eigenvalue weighted by atomic mass is 9.72. The van der Waals surface area contributed by atoms with E-state index in [4.69, 9.17) is 4.74 Å². The lowest BCUT2D eigenvalue weighted by molar-refractivity contribution is -0.123. The number of methoxy groups -OCH3 is 1. The fourth-order valence-corrected chi connectivity index (χ4v) is 1.97.